The van der Waals surface area contributed by atoms with Gasteiger partial charge in [-0.2, -0.15) is 5.26 Å². The molecule has 4 nitrogen and oxygen atoms in total. The first-order valence-corrected chi connectivity index (χ1v) is 6.42. The highest BCUT2D eigenvalue weighted by atomic mass is 19.1. The summed E-state index contributed by atoms with van der Waals surface area (Å²) in [5.41, 5.74) is 0.650. The summed E-state index contributed by atoms with van der Waals surface area (Å²) in [5, 5.41) is 14.1. The average Bonchev–Trinajstić information content (AvgIpc) is 2.90. The van der Waals surface area contributed by atoms with Gasteiger partial charge in [0.25, 0.3) is 0 Å². The van der Waals surface area contributed by atoms with Gasteiger partial charge in [0.1, 0.15) is 5.82 Å². The van der Waals surface area contributed by atoms with Crippen LogP contribution in [-0.2, 0) is 6.54 Å². The number of carbonyl (C=O) groups excluding carboxylic acids is 1. The number of hydrogen-bond acceptors (Lipinski definition) is 2. The molecule has 2 amide bonds. The molecular formula is C14H16FN3O. The molecule has 1 aliphatic carbocycles. The Morgan fingerprint density at radius 3 is 2.79 bits per heavy atom. The second-order valence-electron chi connectivity index (χ2n) is 4.73. The highest BCUT2D eigenvalue weighted by Crippen LogP contribution is 2.17. The van der Waals surface area contributed by atoms with Gasteiger partial charge >= 0.3 is 6.03 Å². The normalized spacial score (nSPS) is 14.9. The van der Waals surface area contributed by atoms with Crippen molar-refractivity contribution in [3.05, 3.63) is 35.1 Å². The van der Waals surface area contributed by atoms with E-state index in [0.29, 0.717) is 5.56 Å². The lowest BCUT2D eigenvalue weighted by Gasteiger charge is -2.13. The Morgan fingerprint density at radius 1 is 1.42 bits per heavy atom. The molecule has 0 radical (unpaired) electrons. The van der Waals surface area contributed by atoms with Crippen LogP contribution in [0.5, 0.6) is 0 Å². The minimum absolute atomic E-state index is 0.121. The van der Waals surface area contributed by atoms with Gasteiger partial charge in [0.2, 0.25) is 0 Å². The Bertz CT molecular complexity index is 504. The zero-order chi connectivity index (χ0) is 13.7. The number of rotatable bonds is 3. The monoisotopic (exact) mass is 261 g/mol. The summed E-state index contributed by atoms with van der Waals surface area (Å²) >= 11 is 0. The van der Waals surface area contributed by atoms with Crippen LogP contribution in [0.1, 0.15) is 36.8 Å². The first kappa shape index (κ1) is 13.3. The molecule has 1 saturated carbocycles. The van der Waals surface area contributed by atoms with Crippen LogP contribution in [0, 0.1) is 17.1 Å². The van der Waals surface area contributed by atoms with Crippen LogP contribution >= 0.6 is 0 Å². The predicted molar refractivity (Wildman–Crippen MR) is 68.7 cm³/mol. The number of nitrogens with one attached hydrogen (secondary N) is 2. The van der Waals surface area contributed by atoms with E-state index in [2.05, 4.69) is 10.6 Å². The summed E-state index contributed by atoms with van der Waals surface area (Å²) in [6.07, 6.45) is 4.32. The van der Waals surface area contributed by atoms with E-state index in [0.717, 1.165) is 25.7 Å². The molecule has 100 valence electrons. The number of carbonyl (C=O) groups is 1. The van der Waals surface area contributed by atoms with E-state index in [1.807, 2.05) is 6.07 Å². The number of hydrogen-bond donors (Lipinski definition) is 2. The summed E-state index contributed by atoms with van der Waals surface area (Å²) < 4.78 is 13.6. The van der Waals surface area contributed by atoms with Gasteiger partial charge < -0.3 is 10.6 Å². The maximum atomic E-state index is 13.6. The van der Waals surface area contributed by atoms with Crippen LogP contribution in [-0.4, -0.2) is 12.1 Å². The largest absolute Gasteiger partial charge is 0.335 e. The molecule has 0 aliphatic heterocycles. The second kappa shape index (κ2) is 6.19. The van der Waals surface area contributed by atoms with Gasteiger partial charge in [0.05, 0.1) is 11.6 Å². The quantitative estimate of drug-likeness (QED) is 0.877. The van der Waals surface area contributed by atoms with Crippen LogP contribution in [0.15, 0.2) is 18.2 Å². The molecule has 0 unspecified atom stereocenters. The van der Waals surface area contributed by atoms with E-state index < -0.39 is 5.82 Å². The van der Waals surface area contributed by atoms with Crippen LogP contribution in [0.3, 0.4) is 0 Å². The van der Waals surface area contributed by atoms with Crippen molar-refractivity contribution in [1.82, 2.24) is 10.6 Å². The SMILES string of the molecule is N#Cc1ccc(CNC(=O)NC2CCCC2)c(F)c1. The van der Waals surface area contributed by atoms with Crippen molar-refractivity contribution in [2.24, 2.45) is 0 Å². The van der Waals surface area contributed by atoms with E-state index in [9.17, 15) is 9.18 Å². The van der Waals surface area contributed by atoms with Crippen molar-refractivity contribution < 1.29 is 9.18 Å². The van der Waals surface area contributed by atoms with Gasteiger partial charge in [0, 0.05) is 18.2 Å². The topological polar surface area (TPSA) is 64.9 Å². The van der Waals surface area contributed by atoms with Gasteiger partial charge in [-0.25, -0.2) is 9.18 Å². The van der Waals surface area contributed by atoms with E-state index in [1.54, 1.807) is 0 Å². The molecule has 0 aromatic heterocycles. The van der Waals surface area contributed by atoms with Crippen molar-refractivity contribution in [2.45, 2.75) is 38.3 Å². The van der Waals surface area contributed by atoms with Crippen LogP contribution in [0.25, 0.3) is 0 Å². The lowest BCUT2D eigenvalue weighted by molar-refractivity contribution is 0.236. The smallest absolute Gasteiger partial charge is 0.315 e. The highest BCUT2D eigenvalue weighted by Gasteiger charge is 2.16. The Balaban J connectivity index is 1.84. The van der Waals surface area contributed by atoms with Crippen molar-refractivity contribution in [2.75, 3.05) is 0 Å². The third-order valence-corrected chi connectivity index (χ3v) is 3.31. The Kier molecular flexibility index (Phi) is 4.35. The van der Waals surface area contributed by atoms with Crippen molar-refractivity contribution in [3.63, 3.8) is 0 Å². The highest BCUT2D eigenvalue weighted by molar-refractivity contribution is 5.74. The average molecular weight is 261 g/mol. The molecule has 0 bridgehead atoms. The fraction of sp³-hybridized carbons (Fsp3) is 0.429. The molecule has 0 saturated heterocycles. The molecule has 1 fully saturated rings. The van der Waals surface area contributed by atoms with Gasteiger partial charge in [-0.15, -0.1) is 0 Å². The summed E-state index contributed by atoms with van der Waals surface area (Å²) in [6.45, 7) is 0.121. The minimum atomic E-state index is -0.472. The lowest BCUT2D eigenvalue weighted by atomic mass is 10.1. The molecule has 2 rings (SSSR count). The van der Waals surface area contributed by atoms with E-state index in [1.165, 1.54) is 18.2 Å². The van der Waals surface area contributed by atoms with Crippen molar-refractivity contribution in [1.29, 1.82) is 5.26 Å². The van der Waals surface area contributed by atoms with Crippen LogP contribution in [0.2, 0.25) is 0 Å². The standard InChI is InChI=1S/C14H16FN3O/c15-13-7-10(8-16)5-6-11(13)9-17-14(19)18-12-3-1-2-4-12/h5-7,12H,1-4,9H2,(H2,17,18,19). The zero-order valence-electron chi connectivity index (χ0n) is 10.6. The molecule has 5 heteroatoms. The van der Waals surface area contributed by atoms with E-state index in [-0.39, 0.29) is 24.2 Å². The summed E-state index contributed by atoms with van der Waals surface area (Å²) in [5.74, 6) is -0.472. The van der Waals surface area contributed by atoms with Crippen molar-refractivity contribution in [3.8, 4) is 6.07 Å². The lowest BCUT2D eigenvalue weighted by Crippen LogP contribution is -2.40. The maximum Gasteiger partial charge on any atom is 0.315 e. The van der Waals surface area contributed by atoms with E-state index >= 15 is 0 Å². The molecule has 0 atom stereocenters. The van der Waals surface area contributed by atoms with Crippen LogP contribution < -0.4 is 10.6 Å². The number of benzene rings is 1. The third-order valence-electron chi connectivity index (χ3n) is 3.31. The molecule has 0 spiro atoms. The summed E-state index contributed by atoms with van der Waals surface area (Å²) in [7, 11) is 0. The predicted octanol–water partition coefficient (Wildman–Crippen LogP) is 2.44. The molecule has 1 aromatic rings. The molecule has 19 heavy (non-hydrogen) atoms. The molecule has 1 aromatic carbocycles. The maximum absolute atomic E-state index is 13.6. The first-order chi connectivity index (χ1) is 9.19. The van der Waals surface area contributed by atoms with Gasteiger partial charge in [-0.3, -0.25) is 0 Å². The van der Waals surface area contributed by atoms with Gasteiger partial charge in [0.15, 0.2) is 0 Å². The Hall–Kier alpha value is -2.09. The first-order valence-electron chi connectivity index (χ1n) is 6.42. The van der Waals surface area contributed by atoms with Crippen LogP contribution in [0.4, 0.5) is 9.18 Å². The fourth-order valence-corrected chi connectivity index (χ4v) is 2.24. The molecular weight excluding hydrogens is 245 g/mol. The molecule has 1 aliphatic rings. The number of halogens is 1. The molecule has 2 N–H and O–H groups in total. The zero-order valence-corrected chi connectivity index (χ0v) is 10.6. The number of urea groups is 1. The van der Waals surface area contributed by atoms with E-state index in [4.69, 9.17) is 5.26 Å². The third kappa shape index (κ3) is 3.68. The Labute approximate surface area is 111 Å². The summed E-state index contributed by atoms with van der Waals surface area (Å²) in [6, 6.07) is 6.07. The fourth-order valence-electron chi connectivity index (χ4n) is 2.24. The Morgan fingerprint density at radius 2 is 2.16 bits per heavy atom. The summed E-state index contributed by atoms with van der Waals surface area (Å²) in [4.78, 5) is 11.6. The van der Waals surface area contributed by atoms with Crippen molar-refractivity contribution >= 4 is 6.03 Å². The second-order valence-corrected chi connectivity index (χ2v) is 4.73. The number of nitriles is 1. The number of nitrogens with zero attached hydrogens (tertiary/aromatic N) is 1. The van der Waals surface area contributed by atoms with Gasteiger partial charge in [-0.1, -0.05) is 18.9 Å². The van der Waals surface area contributed by atoms with Gasteiger partial charge in [-0.05, 0) is 25.0 Å². The minimum Gasteiger partial charge on any atom is -0.335 e. The number of amides is 2. The molecule has 0 heterocycles.